The van der Waals surface area contributed by atoms with Gasteiger partial charge in [0.2, 0.25) is 5.91 Å². The highest BCUT2D eigenvalue weighted by Gasteiger charge is 2.49. The lowest BCUT2D eigenvalue weighted by Crippen LogP contribution is -2.56. The van der Waals surface area contributed by atoms with E-state index in [9.17, 15) is 14.4 Å². The van der Waals surface area contributed by atoms with E-state index in [4.69, 9.17) is 10.7 Å². The minimum Gasteiger partial charge on any atom is -0.309 e. The Morgan fingerprint density at radius 2 is 1.85 bits per heavy atom. The number of amides is 4. The zero-order valence-electron chi connectivity index (χ0n) is 15.1. The van der Waals surface area contributed by atoms with Crippen molar-refractivity contribution in [3.63, 3.8) is 0 Å². The van der Waals surface area contributed by atoms with Gasteiger partial charge in [0.15, 0.2) is 0 Å². The van der Waals surface area contributed by atoms with Crippen LogP contribution in [0.5, 0.6) is 0 Å². The summed E-state index contributed by atoms with van der Waals surface area (Å²) in [5.74, 6) is 4.81. The number of piperidine rings is 1. The van der Waals surface area contributed by atoms with E-state index < -0.39 is 11.9 Å². The molecule has 3 aliphatic rings. The van der Waals surface area contributed by atoms with E-state index in [1.54, 1.807) is 0 Å². The first-order chi connectivity index (χ1) is 13.1. The van der Waals surface area contributed by atoms with Gasteiger partial charge in [-0.2, -0.15) is 5.06 Å². The van der Waals surface area contributed by atoms with Crippen LogP contribution in [0.4, 0.5) is 4.79 Å². The van der Waals surface area contributed by atoms with E-state index in [1.165, 1.54) is 9.96 Å². The molecule has 0 radical (unpaired) electrons. The lowest BCUT2D eigenvalue weighted by molar-refractivity contribution is -0.152. The van der Waals surface area contributed by atoms with Crippen LogP contribution < -0.4 is 5.84 Å². The van der Waals surface area contributed by atoms with Crippen LogP contribution in [-0.4, -0.2) is 51.4 Å². The monoisotopic (exact) mass is 372 g/mol. The van der Waals surface area contributed by atoms with Crippen LogP contribution in [-0.2, 0) is 21.0 Å². The second kappa shape index (κ2) is 7.28. The Hall–Kier alpha value is -2.45. The highest BCUT2D eigenvalue weighted by Crippen LogP contribution is 2.32. The van der Waals surface area contributed by atoms with Crippen molar-refractivity contribution in [1.82, 2.24) is 15.0 Å². The first kappa shape index (κ1) is 17.9. The lowest BCUT2D eigenvalue weighted by atomic mass is 9.84. The molecule has 4 amide bonds. The fourth-order valence-corrected chi connectivity index (χ4v) is 3.89. The van der Waals surface area contributed by atoms with E-state index in [0.717, 1.165) is 29.8 Å². The summed E-state index contributed by atoms with van der Waals surface area (Å²) >= 11 is 0. The topological polar surface area (TPSA) is 96.2 Å². The van der Waals surface area contributed by atoms with E-state index in [0.29, 0.717) is 26.0 Å². The molecule has 27 heavy (non-hydrogen) atoms. The average molecular weight is 372 g/mol. The number of hydrazine groups is 1. The van der Waals surface area contributed by atoms with E-state index in [1.807, 2.05) is 30.3 Å². The molecule has 144 valence electrons. The summed E-state index contributed by atoms with van der Waals surface area (Å²) in [6.07, 6.45) is 3.65. The molecule has 2 bridgehead atoms. The van der Waals surface area contributed by atoms with Gasteiger partial charge in [0.05, 0.1) is 6.04 Å². The van der Waals surface area contributed by atoms with Gasteiger partial charge in [-0.1, -0.05) is 36.8 Å². The molecule has 1 aromatic carbocycles. The van der Waals surface area contributed by atoms with Gasteiger partial charge in [0.25, 0.3) is 5.91 Å². The van der Waals surface area contributed by atoms with Crippen molar-refractivity contribution >= 4 is 17.8 Å². The Balaban J connectivity index is 1.39. The predicted molar refractivity (Wildman–Crippen MR) is 95.4 cm³/mol. The quantitative estimate of drug-likeness (QED) is 0.365. The first-order valence-corrected chi connectivity index (χ1v) is 9.45. The molecule has 1 saturated carbocycles. The summed E-state index contributed by atoms with van der Waals surface area (Å²) in [7, 11) is 0. The largest absolute Gasteiger partial charge is 0.345 e. The third kappa shape index (κ3) is 3.30. The third-order valence-electron chi connectivity index (χ3n) is 5.75. The highest BCUT2D eigenvalue weighted by molar-refractivity contribution is 5.99. The van der Waals surface area contributed by atoms with Crippen LogP contribution in [0.2, 0.25) is 0 Å². The van der Waals surface area contributed by atoms with Gasteiger partial charge in [-0.25, -0.2) is 15.6 Å². The molecule has 1 aliphatic carbocycles. The van der Waals surface area contributed by atoms with Crippen molar-refractivity contribution in [2.45, 2.75) is 50.8 Å². The van der Waals surface area contributed by atoms with Crippen LogP contribution in [0.3, 0.4) is 0 Å². The Kier molecular flexibility index (Phi) is 4.84. The predicted octanol–water partition coefficient (Wildman–Crippen LogP) is 1.42. The number of carbonyl (C=O) groups excluding carboxylic acids is 3. The van der Waals surface area contributed by atoms with Crippen LogP contribution in [0, 0.1) is 5.92 Å². The van der Waals surface area contributed by atoms with Gasteiger partial charge in [0.1, 0.15) is 12.6 Å². The second-order valence-electron chi connectivity index (χ2n) is 7.44. The maximum absolute atomic E-state index is 12.7. The van der Waals surface area contributed by atoms with Crippen molar-refractivity contribution in [3.8, 4) is 0 Å². The standard InChI is InChI=1S/C19H24N4O4/c20-22(17(24)14-7-4-8-14)18(25)16-10-9-15-11-21(16)19(26)23(15)27-12-13-5-2-1-3-6-13/h1-3,5-6,14-16H,4,7-12,20H2/t15-,16+/m1/s1. The zero-order chi connectivity index (χ0) is 19.0. The number of rotatable bonds is 5. The summed E-state index contributed by atoms with van der Waals surface area (Å²) in [4.78, 5) is 45.0. The van der Waals surface area contributed by atoms with Crippen LogP contribution >= 0.6 is 0 Å². The van der Waals surface area contributed by atoms with Crippen LogP contribution in [0.1, 0.15) is 37.7 Å². The molecule has 2 atom stereocenters. The van der Waals surface area contributed by atoms with Crippen molar-refractivity contribution in [2.75, 3.05) is 6.54 Å². The maximum atomic E-state index is 12.7. The number of imide groups is 1. The summed E-state index contributed by atoms with van der Waals surface area (Å²) < 4.78 is 0. The third-order valence-corrected chi connectivity index (χ3v) is 5.75. The molecular formula is C19H24N4O4. The molecule has 2 heterocycles. The van der Waals surface area contributed by atoms with Gasteiger partial charge in [-0.3, -0.25) is 14.4 Å². The number of hydrogen-bond acceptors (Lipinski definition) is 5. The molecule has 2 aliphatic heterocycles. The van der Waals surface area contributed by atoms with Crippen molar-refractivity contribution in [3.05, 3.63) is 35.9 Å². The van der Waals surface area contributed by atoms with Gasteiger partial charge >= 0.3 is 6.03 Å². The first-order valence-electron chi connectivity index (χ1n) is 9.45. The SMILES string of the molecule is NN(C(=O)C1CCC1)C(=O)[C@@H]1CC[C@@H]2CN1C(=O)N2OCc1ccccc1. The average Bonchev–Trinajstić information content (AvgIpc) is 2.89. The van der Waals surface area contributed by atoms with E-state index in [2.05, 4.69) is 0 Å². The number of urea groups is 1. The summed E-state index contributed by atoms with van der Waals surface area (Å²) in [5.41, 5.74) is 0.966. The molecule has 8 heteroatoms. The fourth-order valence-electron chi connectivity index (χ4n) is 3.89. The normalized spacial score (nSPS) is 24.7. The molecule has 2 N–H and O–H groups in total. The Morgan fingerprint density at radius 3 is 2.52 bits per heavy atom. The van der Waals surface area contributed by atoms with Gasteiger partial charge < -0.3 is 4.90 Å². The number of nitrogens with zero attached hydrogens (tertiary/aromatic N) is 3. The number of hydroxylamine groups is 2. The second-order valence-corrected chi connectivity index (χ2v) is 7.44. The van der Waals surface area contributed by atoms with Crippen molar-refractivity contribution in [1.29, 1.82) is 0 Å². The molecular weight excluding hydrogens is 348 g/mol. The molecule has 8 nitrogen and oxygen atoms in total. The number of nitrogens with two attached hydrogens (primary N) is 1. The Bertz CT molecular complexity index is 736. The maximum Gasteiger partial charge on any atom is 0.345 e. The minimum atomic E-state index is -0.701. The number of fused-ring (bicyclic) bond motifs is 2. The molecule has 4 rings (SSSR count). The summed E-state index contributed by atoms with van der Waals surface area (Å²) in [5, 5.41) is 2.10. The minimum absolute atomic E-state index is 0.0844. The van der Waals surface area contributed by atoms with Crippen molar-refractivity contribution < 1.29 is 19.2 Å². The fraction of sp³-hybridized carbons (Fsp3) is 0.526. The van der Waals surface area contributed by atoms with E-state index >= 15 is 0 Å². The Morgan fingerprint density at radius 1 is 1.11 bits per heavy atom. The van der Waals surface area contributed by atoms with Gasteiger partial charge in [0, 0.05) is 12.5 Å². The van der Waals surface area contributed by atoms with Crippen LogP contribution in [0.25, 0.3) is 0 Å². The summed E-state index contributed by atoms with van der Waals surface area (Å²) in [6, 6.07) is 8.48. The van der Waals surface area contributed by atoms with Gasteiger partial charge in [-0.15, -0.1) is 0 Å². The number of benzene rings is 1. The zero-order valence-corrected chi connectivity index (χ0v) is 15.1. The smallest absolute Gasteiger partial charge is 0.309 e. The number of hydrogen-bond donors (Lipinski definition) is 1. The Labute approximate surface area is 157 Å². The lowest BCUT2D eigenvalue weighted by Gasteiger charge is -2.33. The highest BCUT2D eigenvalue weighted by atomic mass is 16.7. The molecule has 2 saturated heterocycles. The molecule has 3 fully saturated rings. The van der Waals surface area contributed by atoms with Crippen LogP contribution in [0.15, 0.2) is 30.3 Å². The van der Waals surface area contributed by atoms with Gasteiger partial charge in [-0.05, 0) is 31.2 Å². The molecule has 0 aromatic heterocycles. The summed E-state index contributed by atoms with van der Waals surface area (Å²) in [6.45, 7) is 0.703. The molecule has 1 aromatic rings. The molecule has 0 spiro atoms. The van der Waals surface area contributed by atoms with E-state index in [-0.39, 0.29) is 23.9 Å². The molecule has 0 unspecified atom stereocenters. The number of carbonyl (C=O) groups is 3. The van der Waals surface area contributed by atoms with Crippen molar-refractivity contribution in [2.24, 2.45) is 11.8 Å².